The molecule has 0 aliphatic rings. The van der Waals surface area contributed by atoms with Crippen LogP contribution in [0.3, 0.4) is 0 Å². The van der Waals surface area contributed by atoms with Gasteiger partial charge in [-0.15, -0.1) is 0 Å². The molecule has 0 aliphatic carbocycles. The van der Waals surface area contributed by atoms with Gasteiger partial charge >= 0.3 is 0 Å². The first-order chi connectivity index (χ1) is 4.18. The summed E-state index contributed by atoms with van der Waals surface area (Å²) in [6.07, 6.45) is 3.05. The van der Waals surface area contributed by atoms with Crippen LogP contribution >= 0.6 is 0 Å². The van der Waals surface area contributed by atoms with Crippen molar-refractivity contribution in [3.05, 3.63) is 12.2 Å². The number of aliphatic hydroxyl groups excluding tert-OH is 1. The Bertz CT molecular complexity index is 114. The van der Waals surface area contributed by atoms with E-state index in [4.69, 9.17) is 5.11 Å². The van der Waals surface area contributed by atoms with Gasteiger partial charge in [-0.2, -0.15) is 0 Å². The number of carbonyl (C=O) groups excluding carboxylic acids is 1. The van der Waals surface area contributed by atoms with Crippen LogP contribution in [0.5, 0.6) is 0 Å². The van der Waals surface area contributed by atoms with Crippen molar-refractivity contribution in [1.29, 1.82) is 0 Å². The molecule has 0 amide bonds. The smallest absolute Gasteiger partial charge is 0.164 e. The van der Waals surface area contributed by atoms with Gasteiger partial charge in [0, 0.05) is 6.42 Å². The Morgan fingerprint density at radius 2 is 2.33 bits per heavy atom. The first-order valence-electron chi connectivity index (χ1n) is 3.00. The van der Waals surface area contributed by atoms with Crippen LogP contribution in [-0.4, -0.2) is 17.0 Å². The second kappa shape index (κ2) is 4.27. The molecule has 0 aromatic rings. The molecule has 0 saturated heterocycles. The zero-order valence-corrected chi connectivity index (χ0v) is 5.79. The lowest BCUT2D eigenvalue weighted by Gasteiger charge is -1.96. The number of hydrogen-bond acceptors (Lipinski definition) is 2. The molecule has 0 aromatic carbocycles. The summed E-state index contributed by atoms with van der Waals surface area (Å²) in [4.78, 5) is 10.6. The minimum Gasteiger partial charge on any atom is -0.386 e. The van der Waals surface area contributed by atoms with Gasteiger partial charge in [-0.05, 0) is 13.8 Å². The van der Waals surface area contributed by atoms with E-state index in [9.17, 15) is 4.79 Å². The second-order valence-electron chi connectivity index (χ2n) is 1.92. The van der Waals surface area contributed by atoms with Crippen LogP contribution in [-0.2, 0) is 4.79 Å². The van der Waals surface area contributed by atoms with E-state index in [1.807, 2.05) is 6.92 Å². The van der Waals surface area contributed by atoms with Crippen LogP contribution in [0.15, 0.2) is 12.2 Å². The predicted octanol–water partition coefficient (Wildman–Crippen LogP) is 0.903. The lowest BCUT2D eigenvalue weighted by molar-refractivity contribution is -0.125. The van der Waals surface area contributed by atoms with Gasteiger partial charge in [0.2, 0.25) is 0 Å². The summed E-state index contributed by atoms with van der Waals surface area (Å²) in [6.45, 7) is 3.32. The molecule has 0 bridgehead atoms. The topological polar surface area (TPSA) is 37.3 Å². The molecule has 0 rings (SSSR count). The van der Waals surface area contributed by atoms with Crippen molar-refractivity contribution in [2.24, 2.45) is 0 Å². The van der Waals surface area contributed by atoms with E-state index in [1.165, 1.54) is 6.92 Å². The molecule has 0 aliphatic heterocycles. The Kier molecular flexibility index (Phi) is 3.97. The number of ketones is 1. The third-order valence-electron chi connectivity index (χ3n) is 1.02. The molecule has 2 heteroatoms. The normalized spacial score (nSPS) is 14.1. The average molecular weight is 128 g/mol. The van der Waals surface area contributed by atoms with E-state index >= 15 is 0 Å². The van der Waals surface area contributed by atoms with Gasteiger partial charge < -0.3 is 5.11 Å². The van der Waals surface area contributed by atoms with Crippen LogP contribution in [0.1, 0.15) is 20.3 Å². The molecular weight excluding hydrogens is 116 g/mol. The van der Waals surface area contributed by atoms with E-state index in [1.54, 1.807) is 12.2 Å². The van der Waals surface area contributed by atoms with Crippen molar-refractivity contribution < 1.29 is 9.90 Å². The first-order valence-corrected chi connectivity index (χ1v) is 3.00. The Morgan fingerprint density at radius 1 is 1.78 bits per heavy atom. The van der Waals surface area contributed by atoms with E-state index in [0.29, 0.717) is 6.42 Å². The molecule has 2 nitrogen and oxygen atoms in total. The van der Waals surface area contributed by atoms with E-state index < -0.39 is 6.10 Å². The summed E-state index contributed by atoms with van der Waals surface area (Å²) in [5.74, 6) is -0.131. The Labute approximate surface area is 55.2 Å². The van der Waals surface area contributed by atoms with Crippen LogP contribution in [0, 0.1) is 0 Å². The highest BCUT2D eigenvalue weighted by molar-refractivity contribution is 5.83. The summed E-state index contributed by atoms with van der Waals surface area (Å²) >= 11 is 0. The quantitative estimate of drug-likeness (QED) is 0.573. The highest BCUT2D eigenvalue weighted by atomic mass is 16.3. The van der Waals surface area contributed by atoms with Gasteiger partial charge in [0.05, 0.1) is 0 Å². The summed E-state index contributed by atoms with van der Waals surface area (Å²) in [5, 5.41) is 8.66. The van der Waals surface area contributed by atoms with Crippen molar-refractivity contribution in [1.82, 2.24) is 0 Å². The largest absolute Gasteiger partial charge is 0.386 e. The molecule has 1 atom stereocenters. The molecule has 0 aromatic heterocycles. The molecule has 0 fully saturated rings. The molecule has 0 radical (unpaired) electrons. The van der Waals surface area contributed by atoms with E-state index in [0.717, 1.165) is 0 Å². The lowest BCUT2D eigenvalue weighted by atomic mass is 10.2. The van der Waals surface area contributed by atoms with Crippen LogP contribution in [0.4, 0.5) is 0 Å². The minimum absolute atomic E-state index is 0.131. The summed E-state index contributed by atoms with van der Waals surface area (Å²) in [7, 11) is 0. The molecule has 0 saturated carbocycles. The zero-order chi connectivity index (χ0) is 7.28. The van der Waals surface area contributed by atoms with Gasteiger partial charge in [0.15, 0.2) is 5.78 Å². The maximum atomic E-state index is 10.6. The van der Waals surface area contributed by atoms with Gasteiger partial charge in [0.25, 0.3) is 0 Å². The number of hydrogen-bond donors (Lipinski definition) is 1. The number of aliphatic hydroxyl groups is 1. The maximum Gasteiger partial charge on any atom is 0.164 e. The van der Waals surface area contributed by atoms with Crippen LogP contribution in [0.2, 0.25) is 0 Å². The Balaban J connectivity index is 3.51. The second-order valence-corrected chi connectivity index (χ2v) is 1.92. The number of rotatable bonds is 3. The van der Waals surface area contributed by atoms with Crippen molar-refractivity contribution in [3.8, 4) is 0 Å². The third kappa shape index (κ3) is 3.91. The molecule has 1 N–H and O–H groups in total. The van der Waals surface area contributed by atoms with E-state index in [-0.39, 0.29) is 5.78 Å². The lowest BCUT2D eigenvalue weighted by Crippen LogP contribution is -2.14. The molecule has 52 valence electrons. The SMILES string of the molecule is CC=CCC(=O)C(C)O. The van der Waals surface area contributed by atoms with Gasteiger partial charge in [-0.3, -0.25) is 4.79 Å². The Morgan fingerprint density at radius 3 is 2.67 bits per heavy atom. The third-order valence-corrected chi connectivity index (χ3v) is 1.02. The fourth-order valence-electron chi connectivity index (χ4n) is 0.405. The van der Waals surface area contributed by atoms with Crippen molar-refractivity contribution in [3.63, 3.8) is 0 Å². The van der Waals surface area contributed by atoms with Crippen molar-refractivity contribution in [2.75, 3.05) is 0 Å². The molecule has 0 spiro atoms. The summed E-state index contributed by atoms with van der Waals surface area (Å²) in [6, 6.07) is 0. The van der Waals surface area contributed by atoms with Crippen molar-refractivity contribution >= 4 is 5.78 Å². The van der Waals surface area contributed by atoms with Crippen LogP contribution in [0.25, 0.3) is 0 Å². The average Bonchev–Trinajstić information content (AvgIpc) is 1.82. The Hall–Kier alpha value is -0.630. The number of carbonyl (C=O) groups is 1. The van der Waals surface area contributed by atoms with Crippen molar-refractivity contribution in [2.45, 2.75) is 26.4 Å². The molecule has 9 heavy (non-hydrogen) atoms. The minimum atomic E-state index is -0.818. The van der Waals surface area contributed by atoms with E-state index in [2.05, 4.69) is 0 Å². The standard InChI is InChI=1S/C7H12O2/c1-3-4-5-7(9)6(2)8/h3-4,6,8H,5H2,1-2H3. The van der Waals surface area contributed by atoms with Crippen LogP contribution < -0.4 is 0 Å². The monoisotopic (exact) mass is 128 g/mol. The highest BCUT2D eigenvalue weighted by Gasteiger charge is 2.04. The first kappa shape index (κ1) is 8.37. The van der Waals surface area contributed by atoms with Gasteiger partial charge in [-0.25, -0.2) is 0 Å². The summed E-state index contributed by atoms with van der Waals surface area (Å²) in [5.41, 5.74) is 0. The highest BCUT2D eigenvalue weighted by Crippen LogP contribution is 1.90. The van der Waals surface area contributed by atoms with Gasteiger partial charge in [0.1, 0.15) is 6.10 Å². The van der Waals surface area contributed by atoms with Gasteiger partial charge in [-0.1, -0.05) is 12.2 Å². The fraction of sp³-hybridized carbons (Fsp3) is 0.571. The molecule has 1 unspecified atom stereocenters. The summed E-state index contributed by atoms with van der Waals surface area (Å²) < 4.78 is 0. The molecule has 0 heterocycles. The maximum absolute atomic E-state index is 10.6. The number of Topliss-reactive ketones (excluding diaryl/α,β-unsaturated/α-hetero) is 1. The fourth-order valence-corrected chi connectivity index (χ4v) is 0.405. The molecular formula is C7H12O2. The number of allylic oxidation sites excluding steroid dienone is 2. The zero-order valence-electron chi connectivity index (χ0n) is 5.79. The predicted molar refractivity (Wildman–Crippen MR) is 36.1 cm³/mol.